The van der Waals surface area contributed by atoms with Crippen molar-refractivity contribution in [3.8, 4) is 0 Å². The first-order valence-corrected chi connectivity index (χ1v) is 10.5. The molecule has 0 atom stereocenters. The number of piperidine rings is 1. The summed E-state index contributed by atoms with van der Waals surface area (Å²) in [5.74, 6) is 0.253. The van der Waals surface area contributed by atoms with Gasteiger partial charge in [0, 0.05) is 25.2 Å². The molecule has 1 aromatic heterocycles. The molecule has 4 nitrogen and oxygen atoms in total. The van der Waals surface area contributed by atoms with Crippen LogP contribution in [0.25, 0.3) is 0 Å². The molecule has 2 aliphatic rings. The Balaban J connectivity index is 1.38. The second-order valence-electron chi connectivity index (χ2n) is 8.08. The standard InChI is InChI=1S/C22H23ClF3N3O/c23-18-13-17(22(24,25)26)14-27-19(18)29-11-7-15(8-12-29)20(30)28-21(9-4-10-21)16-5-2-1-3-6-16/h1-3,5-6,13-15H,4,7-12H2,(H,28,30). The van der Waals surface area contributed by atoms with E-state index in [0.29, 0.717) is 31.7 Å². The number of nitrogens with one attached hydrogen (secondary N) is 1. The van der Waals surface area contributed by atoms with E-state index in [4.69, 9.17) is 11.6 Å². The molecule has 4 rings (SSSR count). The van der Waals surface area contributed by atoms with Crippen LogP contribution in [-0.4, -0.2) is 24.0 Å². The average molecular weight is 438 g/mol. The maximum Gasteiger partial charge on any atom is 0.417 e. The van der Waals surface area contributed by atoms with Crippen molar-refractivity contribution >= 4 is 23.3 Å². The van der Waals surface area contributed by atoms with E-state index >= 15 is 0 Å². The van der Waals surface area contributed by atoms with Gasteiger partial charge in [0.05, 0.1) is 16.1 Å². The average Bonchev–Trinajstić information content (AvgIpc) is 2.70. The fourth-order valence-electron chi connectivity index (χ4n) is 4.28. The number of pyridine rings is 1. The number of carbonyl (C=O) groups is 1. The van der Waals surface area contributed by atoms with Crippen molar-refractivity contribution in [2.24, 2.45) is 5.92 Å². The number of carbonyl (C=O) groups excluding carboxylic acids is 1. The molecule has 0 spiro atoms. The lowest BCUT2D eigenvalue weighted by atomic mass is 9.71. The maximum atomic E-state index is 12.9. The van der Waals surface area contributed by atoms with E-state index in [1.54, 1.807) is 0 Å². The fraction of sp³-hybridized carbons (Fsp3) is 0.455. The highest BCUT2D eigenvalue weighted by Gasteiger charge is 2.41. The molecule has 1 N–H and O–H groups in total. The number of benzene rings is 1. The fourth-order valence-corrected chi connectivity index (χ4v) is 4.57. The largest absolute Gasteiger partial charge is 0.417 e. The predicted octanol–water partition coefficient (Wildman–Crippen LogP) is 5.17. The van der Waals surface area contributed by atoms with E-state index in [2.05, 4.69) is 22.4 Å². The van der Waals surface area contributed by atoms with Crippen molar-refractivity contribution < 1.29 is 18.0 Å². The minimum atomic E-state index is -4.48. The summed E-state index contributed by atoms with van der Waals surface area (Å²) < 4.78 is 38.5. The molecule has 8 heteroatoms. The lowest BCUT2D eigenvalue weighted by Gasteiger charge is -2.44. The van der Waals surface area contributed by atoms with Crippen LogP contribution in [0.5, 0.6) is 0 Å². The normalized spacial score (nSPS) is 19.3. The minimum absolute atomic E-state index is 0.0229. The van der Waals surface area contributed by atoms with Crippen LogP contribution in [0.15, 0.2) is 42.6 Å². The number of anilines is 1. The van der Waals surface area contributed by atoms with Gasteiger partial charge in [0.2, 0.25) is 5.91 Å². The molecule has 1 aliphatic heterocycles. The highest BCUT2D eigenvalue weighted by Crippen LogP contribution is 2.42. The van der Waals surface area contributed by atoms with E-state index in [1.165, 1.54) is 0 Å². The molecule has 0 bridgehead atoms. The number of nitrogens with zero attached hydrogens (tertiary/aromatic N) is 2. The van der Waals surface area contributed by atoms with Crippen molar-refractivity contribution in [1.29, 1.82) is 0 Å². The van der Waals surface area contributed by atoms with Gasteiger partial charge in [-0.1, -0.05) is 41.9 Å². The molecule has 1 amide bonds. The number of hydrogen-bond acceptors (Lipinski definition) is 3. The first-order chi connectivity index (χ1) is 14.3. The Labute approximate surface area is 178 Å². The van der Waals surface area contributed by atoms with Gasteiger partial charge in [-0.05, 0) is 43.7 Å². The molecule has 1 aliphatic carbocycles. The van der Waals surface area contributed by atoms with Crippen LogP contribution in [0.1, 0.15) is 43.2 Å². The summed E-state index contributed by atoms with van der Waals surface area (Å²) in [7, 11) is 0. The van der Waals surface area contributed by atoms with E-state index in [9.17, 15) is 18.0 Å². The third-order valence-electron chi connectivity index (χ3n) is 6.21. The Bertz CT molecular complexity index is 908. The van der Waals surface area contributed by atoms with Crippen molar-refractivity contribution in [2.75, 3.05) is 18.0 Å². The number of rotatable bonds is 4. The van der Waals surface area contributed by atoms with E-state index in [-0.39, 0.29) is 22.4 Å². The highest BCUT2D eigenvalue weighted by atomic mass is 35.5. The smallest absolute Gasteiger partial charge is 0.355 e. The number of aromatic nitrogens is 1. The number of amides is 1. The van der Waals surface area contributed by atoms with Crippen molar-refractivity contribution in [3.05, 3.63) is 58.7 Å². The first-order valence-electron chi connectivity index (χ1n) is 10.1. The minimum Gasteiger partial charge on any atom is -0.355 e. The van der Waals surface area contributed by atoms with E-state index < -0.39 is 11.7 Å². The number of alkyl halides is 3. The van der Waals surface area contributed by atoms with Crippen LogP contribution in [0, 0.1) is 5.92 Å². The maximum absolute atomic E-state index is 12.9. The van der Waals surface area contributed by atoms with Gasteiger partial charge < -0.3 is 10.2 Å². The molecular formula is C22H23ClF3N3O. The molecule has 2 aromatic rings. The monoisotopic (exact) mass is 437 g/mol. The van der Waals surface area contributed by atoms with Gasteiger partial charge in [-0.15, -0.1) is 0 Å². The van der Waals surface area contributed by atoms with Crippen LogP contribution in [0.3, 0.4) is 0 Å². The Morgan fingerprint density at radius 2 is 1.83 bits per heavy atom. The second-order valence-corrected chi connectivity index (χ2v) is 8.49. The summed E-state index contributed by atoms with van der Waals surface area (Å²) in [6.07, 6.45) is 0.507. The van der Waals surface area contributed by atoms with E-state index in [1.807, 2.05) is 23.1 Å². The molecule has 1 saturated carbocycles. The number of halogens is 4. The summed E-state index contributed by atoms with van der Waals surface area (Å²) in [5, 5.41) is 3.26. The quantitative estimate of drug-likeness (QED) is 0.718. The molecule has 0 radical (unpaired) electrons. The highest BCUT2D eigenvalue weighted by molar-refractivity contribution is 6.33. The Kier molecular flexibility index (Phi) is 5.66. The summed E-state index contributed by atoms with van der Waals surface area (Å²) >= 11 is 6.07. The van der Waals surface area contributed by atoms with Crippen molar-refractivity contribution in [2.45, 2.75) is 43.8 Å². The predicted molar refractivity (Wildman–Crippen MR) is 109 cm³/mol. The van der Waals surface area contributed by atoms with Crippen LogP contribution in [0.4, 0.5) is 19.0 Å². The molecular weight excluding hydrogens is 415 g/mol. The molecule has 0 unspecified atom stereocenters. The summed E-state index contributed by atoms with van der Waals surface area (Å²) in [6, 6.07) is 11.0. The van der Waals surface area contributed by atoms with Gasteiger partial charge in [-0.2, -0.15) is 13.2 Å². The van der Waals surface area contributed by atoms with Gasteiger partial charge in [0.25, 0.3) is 0 Å². The van der Waals surface area contributed by atoms with Gasteiger partial charge in [-0.3, -0.25) is 4.79 Å². The molecule has 2 heterocycles. The Morgan fingerprint density at radius 1 is 1.17 bits per heavy atom. The van der Waals surface area contributed by atoms with Crippen LogP contribution in [-0.2, 0) is 16.5 Å². The molecule has 1 saturated heterocycles. The van der Waals surface area contributed by atoms with Crippen LogP contribution in [0.2, 0.25) is 5.02 Å². The lowest BCUT2D eigenvalue weighted by Crippen LogP contribution is -2.53. The Hall–Kier alpha value is -2.28. The molecule has 1 aromatic carbocycles. The van der Waals surface area contributed by atoms with Gasteiger partial charge >= 0.3 is 6.18 Å². The van der Waals surface area contributed by atoms with Crippen LogP contribution < -0.4 is 10.2 Å². The zero-order valence-electron chi connectivity index (χ0n) is 16.4. The third-order valence-corrected chi connectivity index (χ3v) is 6.49. The Morgan fingerprint density at radius 3 is 2.37 bits per heavy atom. The second kappa shape index (κ2) is 8.10. The molecule has 160 valence electrons. The number of hydrogen-bond donors (Lipinski definition) is 1. The zero-order valence-corrected chi connectivity index (χ0v) is 17.1. The van der Waals surface area contributed by atoms with Gasteiger partial charge in [0.15, 0.2) is 0 Å². The summed E-state index contributed by atoms with van der Waals surface area (Å²) in [6.45, 7) is 1.04. The van der Waals surface area contributed by atoms with Crippen LogP contribution >= 0.6 is 11.6 Å². The molecule has 2 fully saturated rings. The van der Waals surface area contributed by atoms with Gasteiger partial charge in [-0.25, -0.2) is 4.98 Å². The summed E-state index contributed by atoms with van der Waals surface area (Å²) in [5.41, 5.74) is 0.00770. The third kappa shape index (κ3) is 4.13. The zero-order chi connectivity index (χ0) is 21.4. The van der Waals surface area contributed by atoms with Gasteiger partial charge in [0.1, 0.15) is 5.82 Å². The lowest BCUT2D eigenvalue weighted by molar-refractivity contribution is -0.137. The topological polar surface area (TPSA) is 45.2 Å². The van der Waals surface area contributed by atoms with Crippen molar-refractivity contribution in [1.82, 2.24) is 10.3 Å². The van der Waals surface area contributed by atoms with E-state index in [0.717, 1.165) is 37.1 Å². The molecule has 30 heavy (non-hydrogen) atoms. The summed E-state index contributed by atoms with van der Waals surface area (Å²) in [4.78, 5) is 18.7. The first kappa shape index (κ1) is 21.0. The SMILES string of the molecule is O=C(NC1(c2ccccc2)CCC1)C1CCN(c2ncc(C(F)(F)F)cc2Cl)CC1. The van der Waals surface area contributed by atoms with Crippen molar-refractivity contribution in [3.63, 3.8) is 0 Å².